The second kappa shape index (κ2) is 3.73. The third-order valence-electron chi connectivity index (χ3n) is 4.57. The highest BCUT2D eigenvalue weighted by Gasteiger charge is 2.68. The van der Waals surface area contributed by atoms with Crippen molar-refractivity contribution in [3.8, 4) is 0 Å². The van der Waals surface area contributed by atoms with Gasteiger partial charge in [-0.15, -0.1) is 0 Å². The second-order valence-corrected chi connectivity index (χ2v) is 6.29. The second-order valence-electron chi connectivity index (χ2n) is 6.29. The van der Waals surface area contributed by atoms with E-state index in [2.05, 4.69) is 20.8 Å². The summed E-state index contributed by atoms with van der Waals surface area (Å²) in [5, 5.41) is 9.51. The first-order valence-corrected chi connectivity index (χ1v) is 6.21. The van der Waals surface area contributed by atoms with Crippen LogP contribution in [0.1, 0.15) is 40.0 Å². The van der Waals surface area contributed by atoms with E-state index in [0.29, 0.717) is 11.8 Å². The Kier molecular flexibility index (Phi) is 2.77. The zero-order valence-electron chi connectivity index (χ0n) is 10.5. The van der Waals surface area contributed by atoms with Crippen LogP contribution in [0.4, 0.5) is 0 Å². The van der Waals surface area contributed by atoms with Gasteiger partial charge in [-0.3, -0.25) is 4.79 Å². The maximum Gasteiger partial charge on any atom is 0.310 e. The van der Waals surface area contributed by atoms with E-state index in [4.69, 9.17) is 4.74 Å². The lowest BCUT2D eigenvalue weighted by Crippen LogP contribution is -2.34. The molecule has 0 aromatic rings. The van der Waals surface area contributed by atoms with Gasteiger partial charge < -0.3 is 9.84 Å². The molecule has 0 aromatic heterocycles. The summed E-state index contributed by atoms with van der Waals surface area (Å²) in [5.41, 5.74) is -0.614. The van der Waals surface area contributed by atoms with Crippen molar-refractivity contribution in [1.82, 2.24) is 0 Å². The van der Waals surface area contributed by atoms with Gasteiger partial charge in [-0.2, -0.15) is 0 Å². The van der Waals surface area contributed by atoms with Crippen molar-refractivity contribution in [1.29, 1.82) is 0 Å². The Balaban J connectivity index is 2.12. The minimum Gasteiger partial charge on any atom is -0.481 e. The summed E-state index contributed by atoms with van der Waals surface area (Å²) in [6.07, 6.45) is 2.93. The van der Waals surface area contributed by atoms with E-state index in [1.807, 2.05) is 0 Å². The molecule has 1 N–H and O–H groups in total. The van der Waals surface area contributed by atoms with Crippen molar-refractivity contribution in [2.24, 2.45) is 22.7 Å². The maximum atomic E-state index is 11.6. The molecule has 0 amide bonds. The van der Waals surface area contributed by atoms with Gasteiger partial charge >= 0.3 is 5.97 Å². The van der Waals surface area contributed by atoms with Crippen LogP contribution in [0.2, 0.25) is 0 Å². The topological polar surface area (TPSA) is 46.5 Å². The molecule has 0 bridgehead atoms. The fraction of sp³-hybridized carbons (Fsp3) is 0.923. The van der Waals surface area contributed by atoms with Gasteiger partial charge in [0.15, 0.2) is 0 Å². The highest BCUT2D eigenvalue weighted by Crippen LogP contribution is 2.67. The number of hydrogen-bond acceptors (Lipinski definition) is 2. The number of ether oxygens (including phenoxy) is 1. The molecule has 1 heterocycles. The van der Waals surface area contributed by atoms with Crippen LogP contribution >= 0.6 is 0 Å². The third kappa shape index (κ3) is 1.65. The standard InChI is InChI=1S/C13H22O3/c1-12(2,3)13(11(14)15)8-10(13)9-4-6-16-7-5-9/h9-10H,4-8H2,1-3H3,(H,14,15). The average Bonchev–Trinajstić information content (AvgIpc) is 2.94. The highest BCUT2D eigenvalue weighted by molar-refractivity contribution is 5.79. The van der Waals surface area contributed by atoms with Crippen LogP contribution in [0.25, 0.3) is 0 Å². The Bertz CT molecular complexity index is 286. The molecule has 16 heavy (non-hydrogen) atoms. The van der Waals surface area contributed by atoms with Gasteiger partial charge in [0.05, 0.1) is 5.41 Å². The number of carboxylic acid groups (broad SMARTS) is 1. The van der Waals surface area contributed by atoms with Gasteiger partial charge in [0, 0.05) is 13.2 Å². The molecular weight excluding hydrogens is 204 g/mol. The Hall–Kier alpha value is -0.570. The molecule has 3 nitrogen and oxygen atoms in total. The van der Waals surface area contributed by atoms with Gasteiger partial charge in [-0.25, -0.2) is 0 Å². The first kappa shape index (κ1) is 11.9. The molecule has 2 aliphatic rings. The zero-order chi connectivity index (χ0) is 12.0. The summed E-state index contributed by atoms with van der Waals surface area (Å²) in [7, 11) is 0. The van der Waals surface area contributed by atoms with E-state index in [-0.39, 0.29) is 5.41 Å². The molecule has 2 rings (SSSR count). The summed E-state index contributed by atoms with van der Waals surface area (Å²) < 4.78 is 5.34. The van der Waals surface area contributed by atoms with E-state index >= 15 is 0 Å². The normalized spacial score (nSPS) is 36.1. The smallest absolute Gasteiger partial charge is 0.310 e. The van der Waals surface area contributed by atoms with Crippen LogP contribution in [0.15, 0.2) is 0 Å². The van der Waals surface area contributed by atoms with Gasteiger partial charge in [-0.1, -0.05) is 20.8 Å². The Labute approximate surface area is 97.2 Å². The minimum atomic E-state index is -0.600. The molecule has 3 heteroatoms. The van der Waals surface area contributed by atoms with Gasteiger partial charge in [0.1, 0.15) is 0 Å². The molecule has 1 saturated carbocycles. The van der Waals surface area contributed by atoms with Crippen LogP contribution in [-0.2, 0) is 9.53 Å². The van der Waals surface area contributed by atoms with E-state index in [1.54, 1.807) is 0 Å². The number of carbonyl (C=O) groups is 1. The van der Waals surface area contributed by atoms with Crippen molar-refractivity contribution in [2.45, 2.75) is 40.0 Å². The lowest BCUT2D eigenvalue weighted by molar-refractivity contribution is -0.149. The lowest BCUT2D eigenvalue weighted by atomic mass is 9.73. The molecule has 2 fully saturated rings. The van der Waals surface area contributed by atoms with E-state index < -0.39 is 11.4 Å². The Morgan fingerprint density at radius 3 is 2.25 bits per heavy atom. The maximum absolute atomic E-state index is 11.6. The van der Waals surface area contributed by atoms with Crippen LogP contribution in [0, 0.1) is 22.7 Å². The van der Waals surface area contributed by atoms with Crippen molar-refractivity contribution >= 4 is 5.97 Å². The SMILES string of the molecule is CC(C)(C)C1(C(=O)O)CC1C1CCOCC1. The molecule has 0 aromatic carbocycles. The molecule has 1 aliphatic heterocycles. The first-order chi connectivity index (χ1) is 7.39. The Morgan fingerprint density at radius 1 is 1.31 bits per heavy atom. The van der Waals surface area contributed by atoms with Gasteiger partial charge in [-0.05, 0) is 36.5 Å². The fourth-order valence-corrected chi connectivity index (χ4v) is 3.40. The summed E-state index contributed by atoms with van der Waals surface area (Å²) >= 11 is 0. The van der Waals surface area contributed by atoms with Gasteiger partial charge in [0.2, 0.25) is 0 Å². The van der Waals surface area contributed by atoms with Crippen molar-refractivity contribution < 1.29 is 14.6 Å². The average molecular weight is 226 g/mol. The molecule has 2 atom stereocenters. The van der Waals surface area contributed by atoms with Crippen molar-refractivity contribution in [2.75, 3.05) is 13.2 Å². The lowest BCUT2D eigenvalue weighted by Gasteiger charge is -2.32. The summed E-state index contributed by atoms with van der Waals surface area (Å²) in [4.78, 5) is 11.6. The van der Waals surface area contributed by atoms with Gasteiger partial charge in [0.25, 0.3) is 0 Å². The molecule has 92 valence electrons. The molecule has 1 aliphatic carbocycles. The first-order valence-electron chi connectivity index (χ1n) is 6.21. The summed E-state index contributed by atoms with van der Waals surface area (Å²) in [6, 6.07) is 0. The zero-order valence-corrected chi connectivity index (χ0v) is 10.5. The predicted octanol–water partition coefficient (Wildman–Crippen LogP) is 2.55. The minimum absolute atomic E-state index is 0.137. The molecule has 2 unspecified atom stereocenters. The number of carboxylic acids is 1. The Morgan fingerprint density at radius 2 is 1.88 bits per heavy atom. The highest BCUT2D eigenvalue weighted by atomic mass is 16.5. The number of aliphatic carboxylic acids is 1. The van der Waals surface area contributed by atoms with Crippen LogP contribution in [-0.4, -0.2) is 24.3 Å². The van der Waals surface area contributed by atoms with Crippen LogP contribution < -0.4 is 0 Å². The number of rotatable bonds is 2. The van der Waals surface area contributed by atoms with E-state index in [1.165, 1.54) is 0 Å². The molecular formula is C13H22O3. The van der Waals surface area contributed by atoms with E-state index in [0.717, 1.165) is 32.5 Å². The monoisotopic (exact) mass is 226 g/mol. The van der Waals surface area contributed by atoms with E-state index in [9.17, 15) is 9.90 Å². The third-order valence-corrected chi connectivity index (χ3v) is 4.57. The van der Waals surface area contributed by atoms with Crippen molar-refractivity contribution in [3.63, 3.8) is 0 Å². The molecule has 1 saturated heterocycles. The molecule has 0 radical (unpaired) electrons. The van der Waals surface area contributed by atoms with Crippen molar-refractivity contribution in [3.05, 3.63) is 0 Å². The fourth-order valence-electron chi connectivity index (χ4n) is 3.40. The predicted molar refractivity (Wildman–Crippen MR) is 61.2 cm³/mol. The van der Waals surface area contributed by atoms with Crippen LogP contribution in [0.5, 0.6) is 0 Å². The summed E-state index contributed by atoms with van der Waals surface area (Å²) in [6.45, 7) is 7.78. The number of hydrogen-bond donors (Lipinski definition) is 1. The quantitative estimate of drug-likeness (QED) is 0.787. The largest absolute Gasteiger partial charge is 0.481 e. The van der Waals surface area contributed by atoms with Crippen LogP contribution in [0.3, 0.4) is 0 Å². The summed E-state index contributed by atoms with van der Waals surface area (Å²) in [5.74, 6) is 0.328. The molecule has 0 spiro atoms.